The molecule has 0 unspecified atom stereocenters. The summed E-state index contributed by atoms with van der Waals surface area (Å²) in [4.78, 5) is 49.7. The van der Waals surface area contributed by atoms with Gasteiger partial charge in [-0.15, -0.1) is 0 Å². The molecule has 0 aromatic carbocycles. The Labute approximate surface area is 157 Å². The van der Waals surface area contributed by atoms with Crippen LogP contribution in [0.5, 0.6) is 0 Å². The predicted molar refractivity (Wildman–Crippen MR) is 93.5 cm³/mol. The Morgan fingerprint density at radius 3 is 2.11 bits per heavy atom. The molecule has 0 saturated carbocycles. The van der Waals surface area contributed by atoms with Gasteiger partial charge in [0, 0.05) is 0 Å². The molecular weight excluding hydrogens is 356 g/mol. The lowest BCUT2D eigenvalue weighted by atomic mass is 9.83. The third kappa shape index (κ3) is 4.58. The summed E-state index contributed by atoms with van der Waals surface area (Å²) >= 11 is 0. The maximum atomic E-state index is 12.6. The van der Waals surface area contributed by atoms with Gasteiger partial charge in [0.2, 0.25) is 0 Å². The Morgan fingerprint density at radius 2 is 1.63 bits per heavy atom. The molecule has 2 heterocycles. The first-order chi connectivity index (χ1) is 12.2. The fourth-order valence-corrected chi connectivity index (χ4v) is 3.02. The monoisotopic (exact) mass is 382 g/mol. The highest BCUT2D eigenvalue weighted by atomic mass is 16.6. The quantitative estimate of drug-likeness (QED) is 0.561. The van der Waals surface area contributed by atoms with Crippen molar-refractivity contribution < 1.29 is 33.8 Å². The van der Waals surface area contributed by atoms with Crippen molar-refractivity contribution >= 4 is 23.9 Å². The second-order valence-corrected chi connectivity index (χ2v) is 8.57. The van der Waals surface area contributed by atoms with Crippen LogP contribution in [-0.4, -0.2) is 57.2 Å². The van der Waals surface area contributed by atoms with Gasteiger partial charge in [-0.2, -0.15) is 0 Å². The lowest BCUT2D eigenvalue weighted by molar-refractivity contribution is -0.162. The second-order valence-electron chi connectivity index (χ2n) is 8.57. The number of hydrogen-bond acceptors (Lipinski definition) is 6. The lowest BCUT2D eigenvalue weighted by Crippen LogP contribution is -2.72. The summed E-state index contributed by atoms with van der Waals surface area (Å²) in [5.41, 5.74) is -1.99. The number of carbonyl (C=O) groups is 4. The summed E-state index contributed by atoms with van der Waals surface area (Å²) in [6.45, 7) is 10.0. The van der Waals surface area contributed by atoms with Crippen LogP contribution in [0, 0.1) is 0 Å². The molecule has 0 aliphatic carbocycles. The van der Waals surface area contributed by atoms with Crippen molar-refractivity contribution in [3.05, 3.63) is 11.3 Å². The van der Waals surface area contributed by atoms with E-state index in [1.807, 2.05) is 0 Å². The summed E-state index contributed by atoms with van der Waals surface area (Å²) in [6, 6.07) is -1.39. The van der Waals surface area contributed by atoms with Crippen LogP contribution in [0.2, 0.25) is 0 Å². The molecular formula is C18H26N2O7. The first kappa shape index (κ1) is 20.7. The van der Waals surface area contributed by atoms with Gasteiger partial charge in [-0.05, 0) is 54.4 Å². The number of rotatable bonds is 3. The maximum absolute atomic E-state index is 12.6. The van der Waals surface area contributed by atoms with Gasteiger partial charge < -0.3 is 19.9 Å². The molecule has 0 radical (unpaired) electrons. The van der Waals surface area contributed by atoms with Crippen molar-refractivity contribution in [1.29, 1.82) is 0 Å². The summed E-state index contributed by atoms with van der Waals surface area (Å²) in [7, 11) is 0. The summed E-state index contributed by atoms with van der Waals surface area (Å²) in [6.07, 6.45) is -0.349. The molecule has 150 valence electrons. The van der Waals surface area contributed by atoms with E-state index in [1.165, 1.54) is 0 Å². The zero-order valence-electron chi connectivity index (χ0n) is 16.4. The number of amides is 2. The SMILES string of the molecule is CC(C)(C)OC(=O)N[C@@H]1C(=O)N2C(C(=O)OC(C)(C)C)=C(C(=O)O)CC[C@@H]12. The number of fused-ring (bicyclic) bond motifs is 1. The van der Waals surface area contributed by atoms with E-state index in [-0.39, 0.29) is 17.7 Å². The zero-order chi connectivity index (χ0) is 20.7. The fourth-order valence-electron chi connectivity index (χ4n) is 3.02. The van der Waals surface area contributed by atoms with Crippen molar-refractivity contribution in [1.82, 2.24) is 10.2 Å². The predicted octanol–water partition coefficient (Wildman–Crippen LogP) is 1.56. The highest BCUT2D eigenvalue weighted by molar-refractivity contribution is 6.06. The van der Waals surface area contributed by atoms with Gasteiger partial charge in [0.05, 0.1) is 11.6 Å². The highest BCUT2D eigenvalue weighted by Crippen LogP contribution is 2.37. The third-order valence-corrected chi connectivity index (χ3v) is 3.96. The number of β-lactam (4-membered cyclic amide) rings is 1. The summed E-state index contributed by atoms with van der Waals surface area (Å²) in [5, 5.41) is 11.9. The van der Waals surface area contributed by atoms with E-state index in [2.05, 4.69) is 5.32 Å². The minimum Gasteiger partial charge on any atom is -0.478 e. The van der Waals surface area contributed by atoms with Gasteiger partial charge in [0.25, 0.3) is 5.91 Å². The Bertz CT molecular complexity index is 712. The Morgan fingerprint density at radius 1 is 1.07 bits per heavy atom. The summed E-state index contributed by atoms with van der Waals surface area (Å²) in [5.74, 6) is -2.70. The average Bonchev–Trinajstić information content (AvgIpc) is 2.47. The van der Waals surface area contributed by atoms with Crippen molar-refractivity contribution in [3.63, 3.8) is 0 Å². The Balaban J connectivity index is 2.23. The smallest absolute Gasteiger partial charge is 0.408 e. The molecule has 2 N–H and O–H groups in total. The number of esters is 1. The number of nitrogens with zero attached hydrogens (tertiary/aromatic N) is 1. The van der Waals surface area contributed by atoms with Crippen LogP contribution in [0.15, 0.2) is 11.3 Å². The van der Waals surface area contributed by atoms with Crippen molar-refractivity contribution in [3.8, 4) is 0 Å². The van der Waals surface area contributed by atoms with Crippen LogP contribution in [0.4, 0.5) is 4.79 Å². The maximum Gasteiger partial charge on any atom is 0.408 e. The molecule has 2 aliphatic heterocycles. The van der Waals surface area contributed by atoms with Crippen molar-refractivity contribution in [2.75, 3.05) is 0 Å². The third-order valence-electron chi connectivity index (χ3n) is 3.96. The lowest BCUT2D eigenvalue weighted by Gasteiger charge is -2.50. The van der Waals surface area contributed by atoms with Crippen LogP contribution in [0.1, 0.15) is 54.4 Å². The first-order valence-electron chi connectivity index (χ1n) is 8.73. The largest absolute Gasteiger partial charge is 0.478 e. The van der Waals surface area contributed by atoms with Gasteiger partial charge in [0.1, 0.15) is 22.9 Å². The molecule has 2 amide bonds. The van der Waals surface area contributed by atoms with Crippen LogP contribution in [-0.2, 0) is 23.9 Å². The average molecular weight is 382 g/mol. The number of carboxylic acids is 1. The number of aliphatic carboxylic acids is 1. The minimum atomic E-state index is -1.27. The molecule has 9 nitrogen and oxygen atoms in total. The second kappa shape index (κ2) is 6.86. The standard InChI is InChI=1S/C18H26N2O7/c1-17(2,3)26-15(24)12-9(14(22)23)7-8-10-11(13(21)20(10)12)19-16(25)27-18(4,5)6/h10-11H,7-8H2,1-6H3,(H,19,25)(H,22,23)/t10-,11-/m0/s1. The molecule has 0 aromatic rings. The molecule has 27 heavy (non-hydrogen) atoms. The number of ether oxygens (including phenoxy) is 2. The van der Waals surface area contributed by atoms with E-state index < -0.39 is 47.2 Å². The van der Waals surface area contributed by atoms with E-state index in [9.17, 15) is 24.3 Å². The molecule has 2 atom stereocenters. The Kier molecular flexibility index (Phi) is 5.27. The molecule has 0 aromatic heterocycles. The number of hydrogen-bond donors (Lipinski definition) is 2. The van der Waals surface area contributed by atoms with Crippen LogP contribution in [0.25, 0.3) is 0 Å². The van der Waals surface area contributed by atoms with E-state index >= 15 is 0 Å². The van der Waals surface area contributed by atoms with E-state index in [1.54, 1.807) is 41.5 Å². The minimum absolute atomic E-state index is 0.0881. The van der Waals surface area contributed by atoms with Crippen LogP contribution in [0.3, 0.4) is 0 Å². The first-order valence-corrected chi connectivity index (χ1v) is 8.73. The van der Waals surface area contributed by atoms with Gasteiger partial charge in [-0.1, -0.05) is 0 Å². The molecule has 2 aliphatic rings. The summed E-state index contributed by atoms with van der Waals surface area (Å²) < 4.78 is 10.4. The van der Waals surface area contributed by atoms with E-state index in [0.29, 0.717) is 6.42 Å². The van der Waals surface area contributed by atoms with Crippen LogP contribution < -0.4 is 5.32 Å². The number of carbonyl (C=O) groups excluding carboxylic acids is 3. The van der Waals surface area contributed by atoms with E-state index in [4.69, 9.17) is 9.47 Å². The molecule has 1 saturated heterocycles. The topological polar surface area (TPSA) is 122 Å². The van der Waals surface area contributed by atoms with Gasteiger partial charge in [-0.3, -0.25) is 9.69 Å². The Hall–Kier alpha value is -2.58. The molecule has 9 heteroatoms. The molecule has 0 spiro atoms. The highest BCUT2D eigenvalue weighted by Gasteiger charge is 2.55. The van der Waals surface area contributed by atoms with E-state index in [0.717, 1.165) is 4.90 Å². The van der Waals surface area contributed by atoms with Gasteiger partial charge >= 0.3 is 18.0 Å². The van der Waals surface area contributed by atoms with Crippen LogP contribution >= 0.6 is 0 Å². The zero-order valence-corrected chi connectivity index (χ0v) is 16.4. The number of nitrogens with one attached hydrogen (secondary N) is 1. The normalized spacial score (nSPS) is 22.6. The van der Waals surface area contributed by atoms with Gasteiger partial charge in [0.15, 0.2) is 0 Å². The van der Waals surface area contributed by atoms with Gasteiger partial charge in [-0.25, -0.2) is 14.4 Å². The molecule has 0 bridgehead atoms. The van der Waals surface area contributed by atoms with Crippen molar-refractivity contribution in [2.45, 2.75) is 77.7 Å². The molecule has 1 fully saturated rings. The number of carboxylic acid groups (broad SMARTS) is 1. The number of alkyl carbamates (subject to hydrolysis) is 1. The fraction of sp³-hybridized carbons (Fsp3) is 0.667. The molecule has 2 rings (SSSR count). The van der Waals surface area contributed by atoms with Crippen molar-refractivity contribution in [2.24, 2.45) is 0 Å².